The lowest BCUT2D eigenvalue weighted by Crippen LogP contribution is -2.26. The molecule has 9 heteroatoms. The molecule has 3 atom stereocenters. The van der Waals surface area contributed by atoms with E-state index in [2.05, 4.69) is 12.2 Å². The number of carbonyl (C=O) groups excluding carboxylic acids is 2. The van der Waals surface area contributed by atoms with Crippen LogP contribution in [-0.2, 0) is 19.1 Å². The van der Waals surface area contributed by atoms with Crippen molar-refractivity contribution in [3.63, 3.8) is 0 Å². The number of rotatable bonds is 18. The minimum absolute atomic E-state index is 0.0331. The number of nitrogens with one attached hydrogen (secondary N) is 1. The molecule has 0 heterocycles. The van der Waals surface area contributed by atoms with E-state index in [0.29, 0.717) is 38.3 Å². The quantitative estimate of drug-likeness (QED) is 0.273. The fourth-order valence-corrected chi connectivity index (χ4v) is 3.61. The molecule has 2 rings (SSSR count). The number of hydrogen-bond donors (Lipinski definition) is 2. The Morgan fingerprint density at radius 2 is 1.44 bits per heavy atom. The molecule has 2 N–H and O–H groups in total. The van der Waals surface area contributed by atoms with Gasteiger partial charge in [0.05, 0.1) is 12.8 Å². The Balaban J connectivity index is 1.79. The molecule has 0 bridgehead atoms. The first-order valence-electron chi connectivity index (χ1n) is 13.5. The highest BCUT2D eigenvalue weighted by Crippen LogP contribution is 2.27. The van der Waals surface area contributed by atoms with Crippen molar-refractivity contribution in [3.05, 3.63) is 59.7 Å². The molecule has 0 fully saturated rings. The first kappa shape index (κ1) is 32.1. The number of nitrogens with zero attached hydrogens (tertiary/aromatic N) is 1. The first-order chi connectivity index (χ1) is 18.7. The van der Waals surface area contributed by atoms with Crippen LogP contribution in [0.2, 0.25) is 0 Å². The average molecular weight is 545 g/mol. The predicted molar refractivity (Wildman–Crippen MR) is 150 cm³/mol. The summed E-state index contributed by atoms with van der Waals surface area (Å²) in [6.07, 6.45) is 0.125. The summed E-state index contributed by atoms with van der Waals surface area (Å²) in [5.41, 5.74) is 2.25. The second kappa shape index (κ2) is 17.4. The highest BCUT2D eigenvalue weighted by Gasteiger charge is 2.15. The minimum Gasteiger partial charge on any atom is -0.491 e. The Bertz CT molecular complexity index is 980. The Morgan fingerprint density at radius 1 is 0.872 bits per heavy atom. The maximum Gasteiger partial charge on any atom is 0.307 e. The molecule has 9 nitrogen and oxygen atoms in total. The van der Waals surface area contributed by atoms with Gasteiger partial charge in [-0.1, -0.05) is 38.1 Å². The van der Waals surface area contributed by atoms with Crippen LogP contribution in [0, 0.1) is 0 Å². The minimum atomic E-state index is -0.898. The molecule has 0 aliphatic rings. The Hall–Kier alpha value is -3.14. The second-order valence-electron chi connectivity index (χ2n) is 9.75. The van der Waals surface area contributed by atoms with Crippen LogP contribution in [0.25, 0.3) is 0 Å². The zero-order valence-corrected chi connectivity index (χ0v) is 23.9. The molecule has 2 aromatic carbocycles. The highest BCUT2D eigenvalue weighted by molar-refractivity contribution is 5.70. The molecule has 0 spiro atoms. The molecule has 3 unspecified atom stereocenters. The van der Waals surface area contributed by atoms with Crippen LogP contribution in [0.1, 0.15) is 50.2 Å². The summed E-state index contributed by atoms with van der Waals surface area (Å²) < 4.78 is 22.1. The first-order valence-corrected chi connectivity index (χ1v) is 13.5. The van der Waals surface area contributed by atoms with Crippen molar-refractivity contribution in [3.8, 4) is 11.5 Å². The molecule has 0 aliphatic carbocycles. The lowest BCUT2D eigenvalue weighted by molar-refractivity contribution is -0.150. The third kappa shape index (κ3) is 12.5. The van der Waals surface area contributed by atoms with E-state index in [4.69, 9.17) is 18.9 Å². The van der Waals surface area contributed by atoms with E-state index in [1.807, 2.05) is 74.4 Å². The molecular weight excluding hydrogens is 500 g/mol. The number of ether oxygens (including phenoxy) is 4. The zero-order chi connectivity index (χ0) is 28.6. The summed E-state index contributed by atoms with van der Waals surface area (Å²) >= 11 is 0. The van der Waals surface area contributed by atoms with Gasteiger partial charge in [-0.2, -0.15) is 0 Å². The van der Waals surface area contributed by atoms with Crippen molar-refractivity contribution in [2.24, 2.45) is 0 Å². The van der Waals surface area contributed by atoms with Gasteiger partial charge in [-0.3, -0.25) is 9.59 Å². The van der Waals surface area contributed by atoms with E-state index >= 15 is 0 Å². The highest BCUT2D eigenvalue weighted by atomic mass is 16.6. The van der Waals surface area contributed by atoms with E-state index < -0.39 is 6.10 Å². The van der Waals surface area contributed by atoms with Gasteiger partial charge in [0, 0.05) is 19.0 Å². The maximum absolute atomic E-state index is 11.9. The van der Waals surface area contributed by atoms with E-state index in [1.54, 1.807) is 7.05 Å². The van der Waals surface area contributed by atoms with Crippen LogP contribution in [0.3, 0.4) is 0 Å². The monoisotopic (exact) mass is 544 g/mol. The number of aliphatic hydroxyl groups is 1. The van der Waals surface area contributed by atoms with Crippen LogP contribution < -0.4 is 14.8 Å². The van der Waals surface area contributed by atoms with E-state index in [9.17, 15) is 14.7 Å². The SMILES string of the molecule is CCC(COc1ccc(C(C)c2ccc(OCC(O)COC(=O)CCN(C)C)cc2)cc1)OC(=O)CCNC. The summed E-state index contributed by atoms with van der Waals surface area (Å²) in [5.74, 6) is 0.934. The van der Waals surface area contributed by atoms with Crippen molar-refractivity contribution in [1.29, 1.82) is 0 Å². The molecule has 39 heavy (non-hydrogen) atoms. The summed E-state index contributed by atoms with van der Waals surface area (Å²) in [4.78, 5) is 25.4. The van der Waals surface area contributed by atoms with Gasteiger partial charge in [0.2, 0.25) is 0 Å². The molecular formula is C30H44N2O7. The zero-order valence-electron chi connectivity index (χ0n) is 23.9. The number of benzene rings is 2. The van der Waals surface area contributed by atoms with Crippen LogP contribution >= 0.6 is 0 Å². The summed E-state index contributed by atoms with van der Waals surface area (Å²) in [6, 6.07) is 15.6. The molecule has 0 aliphatic heterocycles. The standard InChI is InChI=1S/C30H44N2O7/c1-6-26(39-30(35)15-17-31-3)21-37-28-13-9-24(10-14-28)22(2)23-7-11-27(12-8-23)36-19-25(33)20-38-29(34)16-18-32(4)5/h7-14,22,25-26,31,33H,6,15-21H2,1-5H3. The third-order valence-corrected chi connectivity index (χ3v) is 6.17. The second-order valence-corrected chi connectivity index (χ2v) is 9.75. The normalized spacial score (nSPS) is 13.4. The predicted octanol–water partition coefficient (Wildman–Crippen LogP) is 3.38. The van der Waals surface area contributed by atoms with E-state index in [0.717, 1.165) is 16.9 Å². The van der Waals surface area contributed by atoms with Gasteiger partial charge in [0.1, 0.15) is 43.5 Å². The van der Waals surface area contributed by atoms with Gasteiger partial charge >= 0.3 is 11.9 Å². The summed E-state index contributed by atoms with van der Waals surface area (Å²) in [6.45, 7) is 5.53. The van der Waals surface area contributed by atoms with Gasteiger partial charge in [0.15, 0.2) is 0 Å². The molecule has 0 amide bonds. The van der Waals surface area contributed by atoms with Crippen molar-refractivity contribution in [2.45, 2.75) is 51.2 Å². The van der Waals surface area contributed by atoms with E-state index in [-0.39, 0.29) is 43.6 Å². The largest absolute Gasteiger partial charge is 0.491 e. The molecule has 0 saturated carbocycles. The smallest absolute Gasteiger partial charge is 0.307 e. The van der Waals surface area contributed by atoms with Gasteiger partial charge in [-0.15, -0.1) is 0 Å². The maximum atomic E-state index is 11.9. The van der Waals surface area contributed by atoms with Gasteiger partial charge in [-0.05, 0) is 63.0 Å². The average Bonchev–Trinajstić information content (AvgIpc) is 2.95. The number of esters is 2. The molecule has 2 aromatic rings. The fourth-order valence-electron chi connectivity index (χ4n) is 3.61. The molecule has 0 saturated heterocycles. The van der Waals surface area contributed by atoms with Crippen LogP contribution in [0.4, 0.5) is 0 Å². The number of aliphatic hydroxyl groups excluding tert-OH is 1. The third-order valence-electron chi connectivity index (χ3n) is 6.17. The van der Waals surface area contributed by atoms with Gasteiger partial charge in [0.25, 0.3) is 0 Å². The number of hydrogen-bond acceptors (Lipinski definition) is 9. The Kier molecular flexibility index (Phi) is 14.3. The Morgan fingerprint density at radius 3 is 1.95 bits per heavy atom. The van der Waals surface area contributed by atoms with Gasteiger partial charge in [-0.25, -0.2) is 0 Å². The lowest BCUT2D eigenvalue weighted by Gasteiger charge is -2.18. The lowest BCUT2D eigenvalue weighted by atomic mass is 9.93. The van der Waals surface area contributed by atoms with Crippen molar-refractivity contribution in [2.75, 3.05) is 54.1 Å². The number of carbonyl (C=O) groups is 2. The summed E-state index contributed by atoms with van der Waals surface area (Å²) in [7, 11) is 5.56. The van der Waals surface area contributed by atoms with Crippen molar-refractivity contribution < 1.29 is 33.6 Å². The van der Waals surface area contributed by atoms with Crippen molar-refractivity contribution in [1.82, 2.24) is 10.2 Å². The Labute approximate surface area is 232 Å². The van der Waals surface area contributed by atoms with Crippen molar-refractivity contribution >= 4 is 11.9 Å². The van der Waals surface area contributed by atoms with Gasteiger partial charge < -0.3 is 34.3 Å². The van der Waals surface area contributed by atoms with Crippen LogP contribution in [0.15, 0.2) is 48.5 Å². The van der Waals surface area contributed by atoms with Crippen LogP contribution in [0.5, 0.6) is 11.5 Å². The molecule has 0 radical (unpaired) electrons. The molecule has 216 valence electrons. The fraction of sp³-hybridized carbons (Fsp3) is 0.533. The van der Waals surface area contributed by atoms with E-state index in [1.165, 1.54) is 0 Å². The topological polar surface area (TPSA) is 107 Å². The summed E-state index contributed by atoms with van der Waals surface area (Å²) in [5, 5.41) is 13.0. The molecule has 0 aromatic heterocycles. The van der Waals surface area contributed by atoms with Crippen LogP contribution in [-0.4, -0.2) is 88.2 Å².